The molecule has 0 spiro atoms. The summed E-state index contributed by atoms with van der Waals surface area (Å²) in [7, 11) is 0. The number of nitrogens with one attached hydrogen (secondary N) is 1. The lowest BCUT2D eigenvalue weighted by Crippen LogP contribution is -2.47. The second-order valence-electron chi connectivity index (χ2n) is 6.87. The minimum absolute atomic E-state index is 0.214. The lowest BCUT2D eigenvalue weighted by Gasteiger charge is -2.35. The van der Waals surface area contributed by atoms with Crippen molar-refractivity contribution in [2.75, 3.05) is 0 Å². The molecule has 1 aliphatic rings. The van der Waals surface area contributed by atoms with Gasteiger partial charge in [-0.25, -0.2) is 0 Å². The SMILES string of the molecule is CC[C@@](C)(NC1CCCCC1)c1nnnn1-c1ccccc1C. The zero-order valence-electron chi connectivity index (χ0n) is 14.4. The number of nitrogens with zero attached hydrogens (tertiary/aromatic N) is 4. The maximum atomic E-state index is 4.38. The lowest BCUT2D eigenvalue weighted by molar-refractivity contribution is 0.245. The van der Waals surface area contributed by atoms with E-state index in [1.807, 2.05) is 16.8 Å². The van der Waals surface area contributed by atoms with E-state index in [-0.39, 0.29) is 5.54 Å². The van der Waals surface area contributed by atoms with Gasteiger partial charge < -0.3 is 5.32 Å². The Labute approximate surface area is 138 Å². The first-order valence-electron chi connectivity index (χ1n) is 8.76. The maximum absolute atomic E-state index is 4.38. The highest BCUT2D eigenvalue weighted by Gasteiger charge is 2.34. The van der Waals surface area contributed by atoms with Crippen LogP contribution in [-0.2, 0) is 5.54 Å². The number of hydrogen-bond acceptors (Lipinski definition) is 4. The summed E-state index contributed by atoms with van der Waals surface area (Å²) in [6.45, 7) is 6.52. The molecule has 1 heterocycles. The van der Waals surface area contributed by atoms with E-state index in [0.717, 1.165) is 17.9 Å². The first-order chi connectivity index (χ1) is 11.1. The fraction of sp³-hybridized carbons (Fsp3) is 0.611. The summed E-state index contributed by atoms with van der Waals surface area (Å²) >= 11 is 0. The van der Waals surface area contributed by atoms with Gasteiger partial charge in [0.2, 0.25) is 0 Å². The van der Waals surface area contributed by atoms with Crippen molar-refractivity contribution in [1.82, 2.24) is 25.5 Å². The molecule has 0 amide bonds. The Kier molecular flexibility index (Phi) is 4.76. The van der Waals surface area contributed by atoms with Gasteiger partial charge in [-0.2, -0.15) is 4.68 Å². The minimum Gasteiger partial charge on any atom is -0.302 e. The molecule has 0 bridgehead atoms. The Morgan fingerprint density at radius 1 is 1.22 bits per heavy atom. The first kappa shape index (κ1) is 16.1. The topological polar surface area (TPSA) is 55.6 Å². The molecule has 1 aromatic heterocycles. The van der Waals surface area contributed by atoms with Gasteiger partial charge in [0.25, 0.3) is 0 Å². The van der Waals surface area contributed by atoms with Crippen LogP contribution in [0.3, 0.4) is 0 Å². The van der Waals surface area contributed by atoms with Crippen molar-refractivity contribution in [3.63, 3.8) is 0 Å². The number of hydrogen-bond donors (Lipinski definition) is 1. The normalized spacial score (nSPS) is 18.7. The van der Waals surface area contributed by atoms with Crippen LogP contribution in [0.15, 0.2) is 24.3 Å². The van der Waals surface area contributed by atoms with E-state index >= 15 is 0 Å². The average Bonchev–Trinajstić information content (AvgIpc) is 3.06. The van der Waals surface area contributed by atoms with Crippen LogP contribution in [0, 0.1) is 6.92 Å². The third kappa shape index (κ3) is 3.29. The molecular formula is C18H27N5. The molecule has 1 aromatic carbocycles. The van der Waals surface area contributed by atoms with E-state index < -0.39 is 0 Å². The van der Waals surface area contributed by atoms with Gasteiger partial charge in [0.1, 0.15) is 0 Å². The van der Waals surface area contributed by atoms with Crippen LogP contribution < -0.4 is 5.32 Å². The second-order valence-corrected chi connectivity index (χ2v) is 6.87. The number of aryl methyl sites for hydroxylation is 1. The van der Waals surface area contributed by atoms with Crippen molar-refractivity contribution in [1.29, 1.82) is 0 Å². The summed E-state index contributed by atoms with van der Waals surface area (Å²) in [5.41, 5.74) is 2.02. The van der Waals surface area contributed by atoms with E-state index in [9.17, 15) is 0 Å². The van der Waals surface area contributed by atoms with Crippen molar-refractivity contribution in [2.24, 2.45) is 0 Å². The van der Waals surface area contributed by atoms with E-state index in [1.165, 1.54) is 37.7 Å². The van der Waals surface area contributed by atoms with Crippen LogP contribution in [0.25, 0.3) is 5.69 Å². The summed E-state index contributed by atoms with van der Waals surface area (Å²) in [6.07, 6.45) is 7.46. The van der Waals surface area contributed by atoms with Gasteiger partial charge in [-0.15, -0.1) is 5.10 Å². The van der Waals surface area contributed by atoms with Gasteiger partial charge in [-0.05, 0) is 55.2 Å². The van der Waals surface area contributed by atoms with Crippen LogP contribution >= 0.6 is 0 Å². The summed E-state index contributed by atoms with van der Waals surface area (Å²) in [5.74, 6) is 0.903. The standard InChI is InChI=1S/C18H27N5/c1-4-18(3,19-15-11-6-5-7-12-15)17-20-21-22-23(17)16-13-9-8-10-14(16)2/h8-10,13,15,19H,4-7,11-12H2,1-3H3/t18-/m1/s1. The highest BCUT2D eigenvalue weighted by atomic mass is 15.6. The average molecular weight is 313 g/mol. The Morgan fingerprint density at radius 3 is 2.65 bits per heavy atom. The minimum atomic E-state index is -0.214. The summed E-state index contributed by atoms with van der Waals surface area (Å²) in [5, 5.41) is 16.5. The van der Waals surface area contributed by atoms with Crippen LogP contribution in [0.2, 0.25) is 0 Å². The number of benzene rings is 1. The van der Waals surface area contributed by atoms with Crippen molar-refractivity contribution < 1.29 is 0 Å². The molecule has 1 fully saturated rings. The van der Waals surface area contributed by atoms with Crippen molar-refractivity contribution in [3.8, 4) is 5.69 Å². The number of para-hydroxylation sites is 1. The van der Waals surface area contributed by atoms with Crippen LogP contribution in [0.4, 0.5) is 0 Å². The molecule has 1 atom stereocenters. The number of aromatic nitrogens is 4. The van der Waals surface area contributed by atoms with Crippen LogP contribution in [0.5, 0.6) is 0 Å². The Balaban J connectivity index is 1.93. The molecule has 0 aliphatic heterocycles. The van der Waals surface area contributed by atoms with E-state index in [2.05, 4.69) is 53.7 Å². The van der Waals surface area contributed by atoms with Gasteiger partial charge in [0.05, 0.1) is 11.2 Å². The Hall–Kier alpha value is -1.75. The molecule has 5 heteroatoms. The highest BCUT2D eigenvalue weighted by molar-refractivity contribution is 5.40. The Bertz CT molecular complexity index is 644. The third-order valence-electron chi connectivity index (χ3n) is 5.14. The fourth-order valence-electron chi connectivity index (χ4n) is 3.52. The van der Waals surface area contributed by atoms with Gasteiger partial charge in [-0.3, -0.25) is 0 Å². The zero-order valence-corrected chi connectivity index (χ0v) is 14.4. The third-order valence-corrected chi connectivity index (χ3v) is 5.14. The van der Waals surface area contributed by atoms with Crippen molar-refractivity contribution >= 4 is 0 Å². The van der Waals surface area contributed by atoms with Crippen molar-refractivity contribution in [3.05, 3.63) is 35.7 Å². The Morgan fingerprint density at radius 2 is 1.96 bits per heavy atom. The molecule has 124 valence electrons. The molecule has 2 aromatic rings. The highest BCUT2D eigenvalue weighted by Crippen LogP contribution is 2.28. The molecule has 3 rings (SSSR count). The van der Waals surface area contributed by atoms with Gasteiger partial charge in [0.15, 0.2) is 5.82 Å². The quantitative estimate of drug-likeness (QED) is 0.917. The number of tetrazole rings is 1. The first-order valence-corrected chi connectivity index (χ1v) is 8.76. The smallest absolute Gasteiger partial charge is 0.176 e. The van der Waals surface area contributed by atoms with Gasteiger partial charge >= 0.3 is 0 Å². The largest absolute Gasteiger partial charge is 0.302 e. The van der Waals surface area contributed by atoms with Gasteiger partial charge in [0, 0.05) is 6.04 Å². The molecule has 1 saturated carbocycles. The van der Waals surface area contributed by atoms with Crippen LogP contribution in [-0.4, -0.2) is 26.2 Å². The molecule has 0 radical (unpaired) electrons. The predicted octanol–water partition coefficient (Wildman–Crippen LogP) is 3.52. The molecule has 0 saturated heterocycles. The second kappa shape index (κ2) is 6.79. The van der Waals surface area contributed by atoms with E-state index in [1.54, 1.807) is 0 Å². The maximum Gasteiger partial charge on any atom is 0.176 e. The summed E-state index contributed by atoms with van der Waals surface area (Å²) in [4.78, 5) is 0. The van der Waals surface area contributed by atoms with Crippen molar-refractivity contribution in [2.45, 2.75) is 70.9 Å². The summed E-state index contributed by atoms with van der Waals surface area (Å²) in [6, 6.07) is 8.81. The van der Waals surface area contributed by atoms with Gasteiger partial charge in [-0.1, -0.05) is 44.4 Å². The number of rotatable bonds is 5. The molecule has 23 heavy (non-hydrogen) atoms. The predicted molar refractivity (Wildman–Crippen MR) is 91.5 cm³/mol. The molecule has 5 nitrogen and oxygen atoms in total. The fourth-order valence-corrected chi connectivity index (χ4v) is 3.52. The summed E-state index contributed by atoms with van der Waals surface area (Å²) < 4.78 is 1.90. The van der Waals surface area contributed by atoms with E-state index in [0.29, 0.717) is 6.04 Å². The molecule has 1 aliphatic carbocycles. The molecule has 1 N–H and O–H groups in total. The molecular weight excluding hydrogens is 286 g/mol. The zero-order chi connectivity index (χ0) is 16.3. The molecule has 0 unspecified atom stereocenters. The monoisotopic (exact) mass is 313 g/mol. The van der Waals surface area contributed by atoms with E-state index in [4.69, 9.17) is 0 Å². The lowest BCUT2D eigenvalue weighted by atomic mass is 9.90. The van der Waals surface area contributed by atoms with Crippen LogP contribution in [0.1, 0.15) is 63.8 Å².